The Hall–Kier alpha value is -0.150. The Morgan fingerprint density at radius 2 is 2.27 bits per heavy atom. The maximum atomic E-state index is 11.8. The van der Waals surface area contributed by atoms with Crippen molar-refractivity contribution in [3.05, 3.63) is 28.7 Å². The molecule has 1 aromatic carbocycles. The fourth-order valence-electron chi connectivity index (χ4n) is 1.03. The molecule has 0 aliphatic heterocycles. The highest BCUT2D eigenvalue weighted by Gasteiger charge is 2.24. The van der Waals surface area contributed by atoms with Crippen molar-refractivity contribution in [3.63, 3.8) is 0 Å². The van der Waals surface area contributed by atoms with E-state index in [1.807, 2.05) is 6.92 Å². The summed E-state index contributed by atoms with van der Waals surface area (Å²) in [4.78, 5) is 9.72. The standard InChI is InChI=1S/C10H14BrO3P/c1-3-8(2)14-15(12,13)10-6-4-5-9(11)7-10/h4-8H,3H2,1-2H3,(H,12,13). The minimum absolute atomic E-state index is 0.222. The summed E-state index contributed by atoms with van der Waals surface area (Å²) in [5.74, 6) is 0. The Morgan fingerprint density at radius 3 is 2.80 bits per heavy atom. The Morgan fingerprint density at radius 1 is 1.60 bits per heavy atom. The van der Waals surface area contributed by atoms with Gasteiger partial charge in [0.2, 0.25) is 0 Å². The van der Waals surface area contributed by atoms with Crippen LogP contribution in [-0.2, 0) is 9.09 Å². The molecule has 0 heterocycles. The molecule has 0 radical (unpaired) electrons. The first-order valence-corrected chi connectivity index (χ1v) is 7.10. The SMILES string of the molecule is CCC(C)OP(=O)(O)c1cccc(Br)c1. The molecule has 0 saturated heterocycles. The highest BCUT2D eigenvalue weighted by Crippen LogP contribution is 2.42. The first kappa shape index (κ1) is 12.9. The first-order chi connectivity index (χ1) is 6.95. The monoisotopic (exact) mass is 292 g/mol. The Bertz CT molecular complexity index is 381. The van der Waals surface area contributed by atoms with Gasteiger partial charge in [-0.25, -0.2) is 0 Å². The minimum Gasteiger partial charge on any atom is -0.321 e. The predicted molar refractivity (Wildman–Crippen MR) is 64.4 cm³/mol. The van der Waals surface area contributed by atoms with Gasteiger partial charge in [-0.1, -0.05) is 28.9 Å². The maximum absolute atomic E-state index is 11.8. The zero-order valence-corrected chi connectivity index (χ0v) is 11.2. The highest BCUT2D eigenvalue weighted by atomic mass is 79.9. The van der Waals surface area contributed by atoms with Crippen LogP contribution in [0.2, 0.25) is 0 Å². The van der Waals surface area contributed by atoms with Gasteiger partial charge in [0.05, 0.1) is 11.4 Å². The molecule has 0 aromatic heterocycles. The van der Waals surface area contributed by atoms with Crippen LogP contribution in [0.15, 0.2) is 28.7 Å². The van der Waals surface area contributed by atoms with E-state index < -0.39 is 7.60 Å². The number of hydrogen-bond donors (Lipinski definition) is 1. The van der Waals surface area contributed by atoms with Crippen LogP contribution in [0.5, 0.6) is 0 Å². The van der Waals surface area contributed by atoms with Crippen molar-refractivity contribution in [2.24, 2.45) is 0 Å². The summed E-state index contributed by atoms with van der Waals surface area (Å²) in [6.07, 6.45) is 0.485. The molecule has 0 spiro atoms. The van der Waals surface area contributed by atoms with E-state index in [9.17, 15) is 9.46 Å². The highest BCUT2D eigenvalue weighted by molar-refractivity contribution is 9.10. The van der Waals surface area contributed by atoms with Crippen molar-refractivity contribution in [2.45, 2.75) is 26.4 Å². The number of halogens is 1. The predicted octanol–water partition coefficient (Wildman–Crippen LogP) is 3.07. The van der Waals surface area contributed by atoms with Gasteiger partial charge in [0, 0.05) is 4.47 Å². The van der Waals surface area contributed by atoms with Gasteiger partial charge in [-0.15, -0.1) is 0 Å². The summed E-state index contributed by atoms with van der Waals surface area (Å²) in [7, 11) is -3.67. The third kappa shape index (κ3) is 3.72. The summed E-state index contributed by atoms with van der Waals surface area (Å²) in [5.41, 5.74) is 0. The Balaban J connectivity index is 2.90. The zero-order chi connectivity index (χ0) is 11.5. The van der Waals surface area contributed by atoms with Crippen molar-refractivity contribution in [1.29, 1.82) is 0 Å². The van der Waals surface area contributed by atoms with Gasteiger partial charge < -0.3 is 9.42 Å². The van der Waals surface area contributed by atoms with E-state index in [-0.39, 0.29) is 6.10 Å². The maximum Gasteiger partial charge on any atom is 0.359 e. The van der Waals surface area contributed by atoms with Crippen LogP contribution >= 0.6 is 23.5 Å². The van der Waals surface area contributed by atoms with Crippen LogP contribution in [0, 0.1) is 0 Å². The summed E-state index contributed by atoms with van der Waals surface area (Å²) in [5, 5.41) is 0.317. The molecule has 15 heavy (non-hydrogen) atoms. The molecule has 0 aliphatic rings. The molecule has 0 aliphatic carbocycles. The fraction of sp³-hybridized carbons (Fsp3) is 0.400. The normalized spacial score (nSPS) is 17.1. The first-order valence-electron chi connectivity index (χ1n) is 4.73. The number of benzene rings is 1. The molecule has 2 atom stereocenters. The van der Waals surface area contributed by atoms with Gasteiger partial charge in [0.15, 0.2) is 0 Å². The Labute approximate surface area is 98.1 Å². The average Bonchev–Trinajstić information content (AvgIpc) is 2.17. The second-order valence-electron chi connectivity index (χ2n) is 3.32. The molecule has 2 unspecified atom stereocenters. The number of rotatable bonds is 4. The van der Waals surface area contributed by atoms with E-state index in [0.717, 1.165) is 4.47 Å². The Kier molecular flexibility index (Phi) is 4.53. The van der Waals surface area contributed by atoms with E-state index in [4.69, 9.17) is 4.52 Å². The molecule has 0 saturated carbocycles. The lowest BCUT2D eigenvalue weighted by atomic mass is 10.3. The summed E-state index contributed by atoms with van der Waals surface area (Å²) >= 11 is 3.25. The van der Waals surface area contributed by atoms with E-state index >= 15 is 0 Å². The zero-order valence-electron chi connectivity index (χ0n) is 8.68. The molecule has 5 heteroatoms. The van der Waals surface area contributed by atoms with Gasteiger partial charge in [-0.3, -0.25) is 4.57 Å². The van der Waals surface area contributed by atoms with Crippen LogP contribution in [0.1, 0.15) is 20.3 Å². The van der Waals surface area contributed by atoms with Gasteiger partial charge in [0.25, 0.3) is 0 Å². The average molecular weight is 293 g/mol. The molecule has 1 aromatic rings. The van der Waals surface area contributed by atoms with Crippen molar-refractivity contribution in [1.82, 2.24) is 0 Å². The lowest BCUT2D eigenvalue weighted by Gasteiger charge is -2.16. The second kappa shape index (κ2) is 5.26. The molecule has 1 rings (SSSR count). The summed E-state index contributed by atoms with van der Waals surface area (Å²) < 4.78 is 17.7. The lowest BCUT2D eigenvalue weighted by molar-refractivity contribution is 0.192. The fourth-order valence-corrected chi connectivity index (χ4v) is 2.94. The van der Waals surface area contributed by atoms with Crippen LogP contribution < -0.4 is 5.30 Å². The molecule has 3 nitrogen and oxygen atoms in total. The van der Waals surface area contributed by atoms with Gasteiger partial charge in [-0.05, 0) is 31.5 Å². The van der Waals surface area contributed by atoms with Crippen LogP contribution in [0.4, 0.5) is 0 Å². The van der Waals surface area contributed by atoms with E-state index in [2.05, 4.69) is 15.9 Å². The third-order valence-corrected chi connectivity index (χ3v) is 4.10. The van der Waals surface area contributed by atoms with E-state index in [1.165, 1.54) is 0 Å². The van der Waals surface area contributed by atoms with Gasteiger partial charge in [-0.2, -0.15) is 0 Å². The van der Waals surface area contributed by atoms with Gasteiger partial charge in [0.1, 0.15) is 0 Å². The largest absolute Gasteiger partial charge is 0.359 e. The van der Waals surface area contributed by atoms with E-state index in [1.54, 1.807) is 31.2 Å². The van der Waals surface area contributed by atoms with Crippen molar-refractivity contribution in [3.8, 4) is 0 Å². The lowest BCUT2D eigenvalue weighted by Crippen LogP contribution is -2.12. The van der Waals surface area contributed by atoms with Crippen LogP contribution in [0.25, 0.3) is 0 Å². The van der Waals surface area contributed by atoms with Gasteiger partial charge >= 0.3 is 7.60 Å². The molecule has 84 valence electrons. The quantitative estimate of drug-likeness (QED) is 0.868. The molecule has 1 N–H and O–H groups in total. The second-order valence-corrected chi connectivity index (χ2v) is 6.01. The van der Waals surface area contributed by atoms with Crippen LogP contribution in [-0.4, -0.2) is 11.0 Å². The van der Waals surface area contributed by atoms with Crippen LogP contribution in [0.3, 0.4) is 0 Å². The van der Waals surface area contributed by atoms with Crippen molar-refractivity contribution < 1.29 is 14.0 Å². The molecule has 0 amide bonds. The van der Waals surface area contributed by atoms with Crippen molar-refractivity contribution in [2.75, 3.05) is 0 Å². The van der Waals surface area contributed by atoms with E-state index in [0.29, 0.717) is 11.7 Å². The number of hydrogen-bond acceptors (Lipinski definition) is 2. The third-order valence-electron chi connectivity index (χ3n) is 2.03. The minimum atomic E-state index is -3.67. The summed E-state index contributed by atoms with van der Waals surface area (Å²) in [6.45, 7) is 3.69. The molecular weight excluding hydrogens is 279 g/mol. The van der Waals surface area contributed by atoms with Crippen molar-refractivity contribution >= 4 is 28.8 Å². The topological polar surface area (TPSA) is 46.5 Å². The smallest absolute Gasteiger partial charge is 0.321 e. The molecule has 0 bridgehead atoms. The molecule has 0 fully saturated rings. The summed E-state index contributed by atoms with van der Waals surface area (Å²) in [6, 6.07) is 6.70. The molecular formula is C10H14BrO3P.